The number of likely N-dealkylation sites (N-methyl/N-ethyl adjacent to an activating group) is 1. The van der Waals surface area contributed by atoms with Crippen molar-refractivity contribution in [1.29, 1.82) is 0 Å². The summed E-state index contributed by atoms with van der Waals surface area (Å²) in [5, 5.41) is 13.3. The molecule has 0 saturated carbocycles. The average molecular weight is 436 g/mol. The third-order valence-electron chi connectivity index (χ3n) is 6.27. The van der Waals surface area contributed by atoms with E-state index in [1.165, 1.54) is 17.3 Å². The number of amides is 1. The van der Waals surface area contributed by atoms with Gasteiger partial charge in [-0.3, -0.25) is 14.6 Å². The van der Waals surface area contributed by atoms with Crippen molar-refractivity contribution in [1.82, 2.24) is 9.88 Å². The SMILES string of the molecule is CC[NH+](CC)CCN1C(=O)C(=O)C(=C([O-])c2ccncc2)C1c1ccc(C(C)(C)C)cc1. The molecule has 1 N–H and O–H groups in total. The van der Waals surface area contributed by atoms with Crippen LogP contribution in [0.4, 0.5) is 0 Å². The zero-order valence-electron chi connectivity index (χ0n) is 19.6. The van der Waals surface area contributed by atoms with Crippen molar-refractivity contribution in [3.8, 4) is 0 Å². The van der Waals surface area contributed by atoms with Crippen LogP contribution in [0, 0.1) is 0 Å². The van der Waals surface area contributed by atoms with Gasteiger partial charge in [0.2, 0.25) is 5.78 Å². The van der Waals surface area contributed by atoms with Gasteiger partial charge in [0.05, 0.1) is 32.2 Å². The Bertz CT molecular complexity index is 987. The molecule has 1 aliphatic rings. The second kappa shape index (κ2) is 9.65. The van der Waals surface area contributed by atoms with E-state index in [1.807, 2.05) is 24.3 Å². The van der Waals surface area contributed by atoms with Crippen LogP contribution >= 0.6 is 0 Å². The molecule has 0 spiro atoms. The van der Waals surface area contributed by atoms with Gasteiger partial charge in [0.1, 0.15) is 0 Å². The molecule has 1 atom stereocenters. The van der Waals surface area contributed by atoms with E-state index in [0.29, 0.717) is 12.1 Å². The Morgan fingerprint density at radius 1 is 1.03 bits per heavy atom. The second-order valence-corrected chi connectivity index (χ2v) is 9.29. The minimum absolute atomic E-state index is 0.0228. The normalized spacial score (nSPS) is 18.6. The molecule has 0 bridgehead atoms. The molecule has 1 amide bonds. The third kappa shape index (κ3) is 4.75. The van der Waals surface area contributed by atoms with E-state index in [4.69, 9.17) is 0 Å². The lowest BCUT2D eigenvalue weighted by Crippen LogP contribution is -3.12. The molecule has 0 aliphatic carbocycles. The van der Waals surface area contributed by atoms with Crippen molar-refractivity contribution < 1.29 is 19.6 Å². The molecule has 1 aromatic heterocycles. The number of hydrogen-bond donors (Lipinski definition) is 1. The van der Waals surface area contributed by atoms with Crippen LogP contribution in [-0.2, 0) is 15.0 Å². The van der Waals surface area contributed by atoms with Crippen molar-refractivity contribution in [3.63, 3.8) is 0 Å². The van der Waals surface area contributed by atoms with E-state index in [9.17, 15) is 14.7 Å². The molecule has 1 unspecified atom stereocenters. The second-order valence-electron chi connectivity index (χ2n) is 9.29. The Labute approximate surface area is 190 Å². The van der Waals surface area contributed by atoms with Crippen LogP contribution in [0.2, 0.25) is 0 Å². The number of carbonyl (C=O) groups is 2. The fraction of sp³-hybridized carbons (Fsp3) is 0.423. The fourth-order valence-corrected chi connectivity index (χ4v) is 4.15. The first-order chi connectivity index (χ1) is 15.2. The summed E-state index contributed by atoms with van der Waals surface area (Å²) in [7, 11) is 0. The molecule has 2 aromatic rings. The number of hydrogen-bond acceptors (Lipinski definition) is 4. The summed E-state index contributed by atoms with van der Waals surface area (Å²) in [6.07, 6.45) is 3.04. The topological polar surface area (TPSA) is 77.8 Å². The highest BCUT2D eigenvalue weighted by Crippen LogP contribution is 2.38. The maximum Gasteiger partial charge on any atom is 0.295 e. The number of pyridine rings is 1. The van der Waals surface area contributed by atoms with Crippen LogP contribution in [0.5, 0.6) is 0 Å². The summed E-state index contributed by atoms with van der Waals surface area (Å²) in [6.45, 7) is 13.6. The first kappa shape index (κ1) is 23.7. The molecule has 1 fully saturated rings. The van der Waals surface area contributed by atoms with E-state index < -0.39 is 23.5 Å². The molecule has 32 heavy (non-hydrogen) atoms. The van der Waals surface area contributed by atoms with Gasteiger partial charge in [-0.1, -0.05) is 50.8 Å². The molecule has 0 radical (unpaired) electrons. The van der Waals surface area contributed by atoms with Crippen molar-refractivity contribution in [2.24, 2.45) is 0 Å². The Kier molecular flexibility index (Phi) is 7.14. The van der Waals surface area contributed by atoms with Crippen LogP contribution in [-0.4, -0.2) is 47.8 Å². The van der Waals surface area contributed by atoms with Gasteiger partial charge in [-0.2, -0.15) is 0 Å². The maximum absolute atomic E-state index is 13.3. The molecule has 6 nitrogen and oxygen atoms in total. The number of rotatable bonds is 7. The Morgan fingerprint density at radius 2 is 1.62 bits per heavy atom. The zero-order valence-corrected chi connectivity index (χ0v) is 19.6. The minimum Gasteiger partial charge on any atom is -0.872 e. The predicted octanol–water partition coefficient (Wildman–Crippen LogP) is 1.53. The molecule has 6 heteroatoms. The quantitative estimate of drug-likeness (QED) is 0.407. The molecule has 170 valence electrons. The lowest BCUT2D eigenvalue weighted by molar-refractivity contribution is -0.895. The van der Waals surface area contributed by atoms with Gasteiger partial charge in [-0.25, -0.2) is 0 Å². The summed E-state index contributed by atoms with van der Waals surface area (Å²) < 4.78 is 0. The number of aromatic nitrogens is 1. The third-order valence-corrected chi connectivity index (χ3v) is 6.27. The summed E-state index contributed by atoms with van der Waals surface area (Å²) in [5.41, 5.74) is 2.30. The van der Waals surface area contributed by atoms with Gasteiger partial charge in [0.25, 0.3) is 5.91 Å². The molecule has 1 saturated heterocycles. The first-order valence-corrected chi connectivity index (χ1v) is 11.3. The maximum atomic E-state index is 13.3. The number of Topliss-reactive ketones (excluding diaryl/α,β-unsaturated/α-hetero) is 1. The summed E-state index contributed by atoms with van der Waals surface area (Å²) in [6, 6.07) is 10.4. The van der Waals surface area contributed by atoms with Crippen molar-refractivity contribution >= 4 is 17.4 Å². The van der Waals surface area contributed by atoms with Crippen molar-refractivity contribution in [2.75, 3.05) is 26.2 Å². The number of nitrogens with one attached hydrogen (secondary N) is 1. The Balaban J connectivity index is 2.09. The predicted molar refractivity (Wildman–Crippen MR) is 123 cm³/mol. The van der Waals surface area contributed by atoms with Crippen molar-refractivity contribution in [2.45, 2.75) is 46.1 Å². The van der Waals surface area contributed by atoms with Gasteiger partial charge < -0.3 is 14.9 Å². The number of carbonyl (C=O) groups excluding carboxylic acids is 2. The first-order valence-electron chi connectivity index (χ1n) is 11.3. The van der Waals surface area contributed by atoms with Crippen LogP contribution in [0.25, 0.3) is 5.76 Å². The number of quaternary nitrogens is 1. The number of likely N-dealkylation sites (tertiary alicyclic amines) is 1. The standard InChI is InChI=1S/C26H33N3O3/c1-6-28(7-2)16-17-29-22(18-8-10-20(11-9-18)26(3,4)5)21(24(31)25(29)32)23(30)19-12-14-27-15-13-19/h8-15,22,30H,6-7,16-17H2,1-5H3. The number of benzene rings is 1. The molecule has 1 aliphatic heterocycles. The van der Waals surface area contributed by atoms with Gasteiger partial charge in [0, 0.05) is 18.0 Å². The molecule has 1 aromatic carbocycles. The van der Waals surface area contributed by atoms with E-state index in [1.54, 1.807) is 17.0 Å². The molecule has 2 heterocycles. The van der Waals surface area contributed by atoms with Gasteiger partial charge in [0.15, 0.2) is 0 Å². The highest BCUT2D eigenvalue weighted by Gasteiger charge is 2.44. The van der Waals surface area contributed by atoms with E-state index in [-0.39, 0.29) is 11.0 Å². The highest BCUT2D eigenvalue weighted by molar-refractivity contribution is 6.46. The summed E-state index contributed by atoms with van der Waals surface area (Å²) in [5.74, 6) is -1.71. The van der Waals surface area contributed by atoms with E-state index in [0.717, 1.165) is 30.8 Å². The van der Waals surface area contributed by atoms with Crippen LogP contribution in [0.15, 0.2) is 54.4 Å². The Hall–Kier alpha value is -2.99. The van der Waals surface area contributed by atoms with Gasteiger partial charge >= 0.3 is 0 Å². The lowest BCUT2D eigenvalue weighted by atomic mass is 9.85. The lowest BCUT2D eigenvalue weighted by Gasteiger charge is -2.29. The monoisotopic (exact) mass is 435 g/mol. The van der Waals surface area contributed by atoms with Gasteiger partial charge in [-0.05, 0) is 48.1 Å². The smallest absolute Gasteiger partial charge is 0.295 e. The fourth-order valence-electron chi connectivity index (χ4n) is 4.15. The average Bonchev–Trinajstić information content (AvgIpc) is 3.04. The van der Waals surface area contributed by atoms with Crippen LogP contribution < -0.4 is 10.0 Å². The largest absolute Gasteiger partial charge is 0.872 e. The summed E-state index contributed by atoms with van der Waals surface area (Å²) >= 11 is 0. The van der Waals surface area contributed by atoms with Crippen LogP contribution in [0.3, 0.4) is 0 Å². The van der Waals surface area contributed by atoms with Gasteiger partial charge in [-0.15, -0.1) is 0 Å². The summed E-state index contributed by atoms with van der Waals surface area (Å²) in [4.78, 5) is 33.0. The Morgan fingerprint density at radius 3 is 2.16 bits per heavy atom. The molecular weight excluding hydrogens is 402 g/mol. The zero-order chi connectivity index (χ0) is 23.5. The number of ketones is 1. The van der Waals surface area contributed by atoms with Crippen molar-refractivity contribution in [3.05, 3.63) is 71.1 Å². The number of nitrogens with zero attached hydrogens (tertiary/aromatic N) is 2. The highest BCUT2D eigenvalue weighted by atomic mass is 16.3. The minimum atomic E-state index is -0.703. The molecule has 3 rings (SSSR count). The van der Waals surface area contributed by atoms with E-state index in [2.05, 4.69) is 39.6 Å². The van der Waals surface area contributed by atoms with E-state index >= 15 is 0 Å². The molecular formula is C26H33N3O3. The van der Waals surface area contributed by atoms with Crippen LogP contribution in [0.1, 0.15) is 57.4 Å².